The van der Waals surface area contributed by atoms with Gasteiger partial charge in [0.2, 0.25) is 0 Å². The average Bonchev–Trinajstić information content (AvgIpc) is 3.40. The van der Waals surface area contributed by atoms with Crippen LogP contribution >= 0.6 is 7.75 Å². The van der Waals surface area contributed by atoms with Gasteiger partial charge in [-0.15, -0.1) is 0 Å². The number of carbonyl (C=O) groups is 1. The minimum absolute atomic E-state index is 0.186. The first-order valence-corrected chi connectivity index (χ1v) is 13.1. The zero-order valence-corrected chi connectivity index (χ0v) is 21.4. The number of imidazole rings is 1. The lowest BCUT2D eigenvalue weighted by Gasteiger charge is -2.25. The van der Waals surface area contributed by atoms with Crippen LogP contribution in [-0.4, -0.2) is 67.6 Å². The summed E-state index contributed by atoms with van der Waals surface area (Å²) in [6.45, 7) is 4.49. The molecule has 0 spiro atoms. The Morgan fingerprint density at radius 1 is 1.24 bits per heavy atom. The van der Waals surface area contributed by atoms with Crippen LogP contribution in [0, 0.1) is 0 Å². The van der Waals surface area contributed by atoms with Gasteiger partial charge >= 0.3 is 13.7 Å². The van der Waals surface area contributed by atoms with Gasteiger partial charge in [-0.3, -0.25) is 13.9 Å². The standard InChI is InChI=1S/C22H30N7O7P/c1-12(2)34-22(31)13(3)28-37(32,36-14-7-5-4-6-8-14)33-9-15-18(30)16(23)21(35-15)29-11-27-17-19(24)25-10-26-20(17)29/h4-8,10-13,15-16,18,21,30H,9,23H2,1-3H3,(H,28,32)(H2,24,25,26)/t13-,15+,16+,18+,21+,37?/m0/s1. The van der Waals surface area contributed by atoms with Gasteiger partial charge in [0.1, 0.15) is 35.8 Å². The highest BCUT2D eigenvalue weighted by molar-refractivity contribution is 7.52. The highest BCUT2D eigenvalue weighted by Crippen LogP contribution is 2.46. The van der Waals surface area contributed by atoms with Crippen LogP contribution in [0.4, 0.5) is 5.82 Å². The van der Waals surface area contributed by atoms with Gasteiger partial charge in [0.25, 0.3) is 0 Å². The van der Waals surface area contributed by atoms with E-state index in [-0.39, 0.29) is 24.3 Å². The molecule has 14 nitrogen and oxygen atoms in total. The summed E-state index contributed by atoms with van der Waals surface area (Å²) >= 11 is 0. The van der Waals surface area contributed by atoms with E-state index in [2.05, 4.69) is 20.0 Å². The third-order valence-corrected chi connectivity index (χ3v) is 7.16. The van der Waals surface area contributed by atoms with Gasteiger partial charge < -0.3 is 30.6 Å². The maximum atomic E-state index is 13.7. The Morgan fingerprint density at radius 3 is 2.68 bits per heavy atom. The van der Waals surface area contributed by atoms with Crippen LogP contribution in [0.3, 0.4) is 0 Å². The Morgan fingerprint density at radius 2 is 1.97 bits per heavy atom. The Kier molecular flexibility index (Phi) is 8.07. The van der Waals surface area contributed by atoms with Crippen LogP contribution in [0.15, 0.2) is 43.0 Å². The lowest BCUT2D eigenvalue weighted by molar-refractivity contribution is -0.149. The molecule has 3 aromatic rings. The van der Waals surface area contributed by atoms with Crippen molar-refractivity contribution in [3.63, 3.8) is 0 Å². The number of aliphatic hydroxyl groups excluding tert-OH is 1. The molecule has 2 aromatic heterocycles. The Balaban J connectivity index is 1.50. The highest BCUT2D eigenvalue weighted by Gasteiger charge is 2.45. The summed E-state index contributed by atoms with van der Waals surface area (Å²) in [5.74, 6) is -0.207. The van der Waals surface area contributed by atoms with E-state index in [1.165, 1.54) is 24.1 Å². The van der Waals surface area contributed by atoms with Crippen molar-refractivity contribution in [2.45, 2.75) is 57.4 Å². The van der Waals surface area contributed by atoms with Crippen molar-refractivity contribution >= 4 is 30.7 Å². The minimum atomic E-state index is -4.16. The molecule has 1 fully saturated rings. The molecule has 0 bridgehead atoms. The highest BCUT2D eigenvalue weighted by atomic mass is 31.2. The maximum Gasteiger partial charge on any atom is 0.459 e. The summed E-state index contributed by atoms with van der Waals surface area (Å²) in [5, 5.41) is 13.4. The summed E-state index contributed by atoms with van der Waals surface area (Å²) in [4.78, 5) is 24.6. The molecular formula is C22H30N7O7P. The zero-order chi connectivity index (χ0) is 26.7. The SMILES string of the molecule is CC(C)OC(=O)[C@H](C)NP(=O)(OC[C@H]1O[C@@H](n2cnc3c(N)ncnc32)[C@H](N)[C@@H]1O)Oc1ccccc1. The molecule has 0 aliphatic carbocycles. The summed E-state index contributed by atoms with van der Waals surface area (Å²) < 4.78 is 37.6. The number of aromatic nitrogens is 4. The molecule has 6 N–H and O–H groups in total. The van der Waals surface area contributed by atoms with Crippen LogP contribution in [0.1, 0.15) is 27.0 Å². The first-order valence-electron chi connectivity index (χ1n) is 11.6. The fourth-order valence-corrected chi connectivity index (χ4v) is 5.22. The number of aliphatic hydroxyl groups is 1. The van der Waals surface area contributed by atoms with Crippen molar-refractivity contribution < 1.29 is 33.0 Å². The minimum Gasteiger partial charge on any atom is -0.462 e. The summed E-state index contributed by atoms with van der Waals surface area (Å²) in [7, 11) is -4.16. The first kappa shape index (κ1) is 26.9. The molecule has 1 aromatic carbocycles. The monoisotopic (exact) mass is 535 g/mol. The van der Waals surface area contributed by atoms with Crippen molar-refractivity contribution in [3.05, 3.63) is 43.0 Å². The van der Waals surface area contributed by atoms with Gasteiger partial charge in [-0.05, 0) is 32.9 Å². The second-order valence-electron chi connectivity index (χ2n) is 8.75. The van der Waals surface area contributed by atoms with Crippen molar-refractivity contribution in [2.24, 2.45) is 5.73 Å². The smallest absolute Gasteiger partial charge is 0.459 e. The molecule has 1 unspecified atom stereocenters. The van der Waals surface area contributed by atoms with Crippen LogP contribution in [0.2, 0.25) is 0 Å². The fraction of sp³-hybridized carbons (Fsp3) is 0.455. The summed E-state index contributed by atoms with van der Waals surface area (Å²) in [6, 6.07) is 6.38. The second-order valence-corrected chi connectivity index (χ2v) is 10.4. The van der Waals surface area contributed by atoms with E-state index in [0.29, 0.717) is 11.2 Å². The third-order valence-electron chi connectivity index (χ3n) is 5.51. The number of fused-ring (bicyclic) bond motifs is 1. The largest absolute Gasteiger partial charge is 0.462 e. The van der Waals surface area contributed by atoms with Gasteiger partial charge in [-0.2, -0.15) is 5.09 Å². The van der Waals surface area contributed by atoms with E-state index in [0.717, 1.165) is 0 Å². The van der Waals surface area contributed by atoms with Gasteiger partial charge in [0, 0.05) is 0 Å². The average molecular weight is 535 g/mol. The number of hydrogen-bond donors (Lipinski definition) is 4. The number of nitrogens with one attached hydrogen (secondary N) is 1. The topological polar surface area (TPSA) is 199 Å². The summed E-state index contributed by atoms with van der Waals surface area (Å²) in [5.41, 5.74) is 12.8. The molecule has 0 radical (unpaired) electrons. The van der Waals surface area contributed by atoms with Crippen molar-refractivity contribution in [1.29, 1.82) is 0 Å². The zero-order valence-electron chi connectivity index (χ0n) is 20.5. The molecule has 37 heavy (non-hydrogen) atoms. The van der Waals surface area contributed by atoms with Crippen LogP contribution in [0.5, 0.6) is 5.75 Å². The normalized spacial score (nSPS) is 24.2. The molecular weight excluding hydrogens is 505 g/mol. The number of rotatable bonds is 10. The molecule has 1 saturated heterocycles. The van der Waals surface area contributed by atoms with Crippen molar-refractivity contribution in [3.8, 4) is 5.75 Å². The molecule has 3 heterocycles. The molecule has 4 rings (SSSR count). The molecule has 1 aliphatic heterocycles. The molecule has 0 saturated carbocycles. The first-order chi connectivity index (χ1) is 17.6. The van der Waals surface area contributed by atoms with Crippen LogP contribution in [-0.2, 0) is 23.4 Å². The summed E-state index contributed by atoms with van der Waals surface area (Å²) in [6.07, 6.45) is -0.720. The number of esters is 1. The molecule has 15 heteroatoms. The lowest BCUT2D eigenvalue weighted by atomic mass is 10.1. The number of nitrogen functional groups attached to an aromatic ring is 1. The molecule has 0 amide bonds. The predicted octanol–water partition coefficient (Wildman–Crippen LogP) is 1.13. The number of benzene rings is 1. The van der Waals surface area contributed by atoms with E-state index in [9.17, 15) is 14.5 Å². The van der Waals surface area contributed by atoms with E-state index in [1.54, 1.807) is 44.2 Å². The van der Waals surface area contributed by atoms with E-state index in [1.807, 2.05) is 0 Å². The number of para-hydroxylation sites is 1. The molecule has 6 atom stereocenters. The number of nitrogens with two attached hydrogens (primary N) is 2. The Bertz CT molecular complexity index is 1270. The number of hydrogen-bond acceptors (Lipinski definition) is 12. The second kappa shape index (κ2) is 11.1. The number of nitrogens with zero attached hydrogens (tertiary/aromatic N) is 4. The van der Waals surface area contributed by atoms with E-state index in [4.69, 9.17) is 30.0 Å². The Labute approximate surface area is 212 Å². The van der Waals surface area contributed by atoms with Crippen LogP contribution < -0.4 is 21.1 Å². The van der Waals surface area contributed by atoms with Gasteiger partial charge in [-0.1, -0.05) is 18.2 Å². The molecule has 200 valence electrons. The fourth-order valence-electron chi connectivity index (χ4n) is 3.72. The number of anilines is 1. The lowest BCUT2D eigenvalue weighted by Crippen LogP contribution is -2.40. The van der Waals surface area contributed by atoms with Gasteiger partial charge in [0.05, 0.1) is 25.1 Å². The Hall–Kier alpha value is -3.13. The predicted molar refractivity (Wildman–Crippen MR) is 132 cm³/mol. The molecule has 1 aliphatic rings. The number of ether oxygens (including phenoxy) is 2. The maximum absolute atomic E-state index is 13.7. The third kappa shape index (κ3) is 6.06. The van der Waals surface area contributed by atoms with Gasteiger partial charge in [0.15, 0.2) is 17.7 Å². The van der Waals surface area contributed by atoms with Gasteiger partial charge in [-0.25, -0.2) is 19.5 Å². The van der Waals surface area contributed by atoms with Crippen molar-refractivity contribution in [2.75, 3.05) is 12.3 Å². The van der Waals surface area contributed by atoms with Crippen LogP contribution in [0.25, 0.3) is 11.2 Å². The van der Waals surface area contributed by atoms with Crippen molar-refractivity contribution in [1.82, 2.24) is 24.6 Å². The van der Waals surface area contributed by atoms with E-state index >= 15 is 0 Å². The van der Waals surface area contributed by atoms with E-state index < -0.39 is 44.2 Å². The quantitative estimate of drug-likeness (QED) is 0.213. The number of carbonyl (C=O) groups excluding carboxylic acids is 1.